The minimum Gasteiger partial charge on any atom is -0.485 e. The van der Waals surface area contributed by atoms with Gasteiger partial charge in [0.05, 0.1) is 11.9 Å². The average Bonchev–Trinajstić information content (AvgIpc) is 2.99. The number of hydrogen-bond donors (Lipinski definition) is 1. The molecule has 2 N–H and O–H groups in total. The summed E-state index contributed by atoms with van der Waals surface area (Å²) in [6.45, 7) is 1.91. The van der Waals surface area contributed by atoms with E-state index in [0.717, 1.165) is 5.56 Å². The molecular weight excluding hydrogens is 411 g/mol. The van der Waals surface area contributed by atoms with Crippen molar-refractivity contribution in [1.29, 1.82) is 0 Å². The molecule has 1 spiro atoms. The summed E-state index contributed by atoms with van der Waals surface area (Å²) in [5, 5.41) is 0. The highest BCUT2D eigenvalue weighted by Gasteiger charge is 2.56. The van der Waals surface area contributed by atoms with Crippen molar-refractivity contribution < 1.29 is 13.9 Å². The number of carbonyl (C=O) groups excluding carboxylic acids is 1. The first-order valence-corrected chi connectivity index (χ1v) is 10.1. The number of hydrogen-bond acceptors (Lipinski definition) is 7. The number of benzene rings is 1. The summed E-state index contributed by atoms with van der Waals surface area (Å²) in [6, 6.07) is 8.03. The van der Waals surface area contributed by atoms with Crippen LogP contribution in [0.2, 0.25) is 0 Å². The first-order valence-electron chi connectivity index (χ1n) is 10.1. The van der Waals surface area contributed by atoms with Crippen molar-refractivity contribution in [3.8, 4) is 17.0 Å². The van der Waals surface area contributed by atoms with Gasteiger partial charge in [-0.2, -0.15) is 0 Å². The van der Waals surface area contributed by atoms with Crippen LogP contribution in [-0.2, 0) is 16.8 Å². The van der Waals surface area contributed by atoms with Crippen molar-refractivity contribution in [2.75, 3.05) is 7.05 Å². The minimum absolute atomic E-state index is 0.147. The van der Waals surface area contributed by atoms with Gasteiger partial charge < -0.3 is 10.5 Å². The second-order valence-corrected chi connectivity index (χ2v) is 8.42. The summed E-state index contributed by atoms with van der Waals surface area (Å²) in [5.74, 6) is 0.0678. The molecule has 0 saturated carbocycles. The first-order chi connectivity index (χ1) is 15.3. The summed E-state index contributed by atoms with van der Waals surface area (Å²) < 4.78 is 19.8. The maximum Gasteiger partial charge on any atom is 0.261 e. The summed E-state index contributed by atoms with van der Waals surface area (Å²) in [7, 11) is 1.61. The van der Waals surface area contributed by atoms with E-state index in [9.17, 15) is 9.18 Å². The lowest BCUT2D eigenvalue weighted by Crippen LogP contribution is -2.51. The van der Waals surface area contributed by atoms with Gasteiger partial charge in [-0.15, -0.1) is 0 Å². The number of aromatic nitrogens is 3. The van der Waals surface area contributed by atoms with E-state index in [0.29, 0.717) is 29.0 Å². The fourth-order valence-corrected chi connectivity index (χ4v) is 4.50. The van der Waals surface area contributed by atoms with Gasteiger partial charge in [-0.1, -0.05) is 12.1 Å². The number of carbonyl (C=O) groups is 1. The van der Waals surface area contributed by atoms with Crippen molar-refractivity contribution in [3.05, 3.63) is 72.2 Å². The maximum atomic E-state index is 13.5. The number of amides is 1. The van der Waals surface area contributed by atoms with Crippen LogP contribution in [-0.4, -0.2) is 44.4 Å². The predicted octanol–water partition coefficient (Wildman–Crippen LogP) is 2.44. The fraction of sp³-hybridized carbons (Fsp3) is 0.261. The molecule has 2 aliphatic heterocycles. The van der Waals surface area contributed by atoms with E-state index < -0.39 is 11.1 Å². The number of likely N-dealkylation sites (N-methyl/N-ethyl adjacent to an activating group) is 1. The van der Waals surface area contributed by atoms with E-state index >= 15 is 0 Å². The predicted molar refractivity (Wildman–Crippen MR) is 115 cm³/mol. The molecule has 0 radical (unpaired) electrons. The highest BCUT2D eigenvalue weighted by Crippen LogP contribution is 2.50. The van der Waals surface area contributed by atoms with Gasteiger partial charge in [0.25, 0.3) is 5.91 Å². The average molecular weight is 432 g/mol. The number of pyridine rings is 1. The lowest BCUT2D eigenvalue weighted by molar-refractivity contribution is -0.133. The van der Waals surface area contributed by atoms with Gasteiger partial charge in [0.15, 0.2) is 11.5 Å². The van der Waals surface area contributed by atoms with Crippen LogP contribution in [0.1, 0.15) is 24.5 Å². The van der Waals surface area contributed by atoms with Gasteiger partial charge in [0.1, 0.15) is 23.5 Å². The Bertz CT molecular complexity index is 1230. The number of ether oxygens (including phenoxy) is 1. The van der Waals surface area contributed by atoms with Gasteiger partial charge in [-0.3, -0.25) is 14.7 Å². The number of aliphatic imine (C=N–C) groups is 1. The highest BCUT2D eigenvalue weighted by molar-refractivity contribution is 6.07. The molecule has 32 heavy (non-hydrogen) atoms. The Balaban J connectivity index is 1.63. The molecule has 1 amide bonds. The molecular formula is C23H21FN6O2. The maximum absolute atomic E-state index is 13.5. The van der Waals surface area contributed by atoms with Crippen LogP contribution in [0.15, 0.2) is 60.2 Å². The quantitative estimate of drug-likeness (QED) is 0.681. The molecule has 5 rings (SSSR count). The zero-order chi connectivity index (χ0) is 22.5. The first kappa shape index (κ1) is 20.0. The van der Waals surface area contributed by atoms with Gasteiger partial charge >= 0.3 is 0 Å². The third-order valence-electron chi connectivity index (χ3n) is 5.95. The van der Waals surface area contributed by atoms with Crippen LogP contribution in [0.4, 0.5) is 4.39 Å². The normalized spacial score (nSPS) is 24.3. The van der Waals surface area contributed by atoms with Crippen molar-refractivity contribution in [2.45, 2.75) is 30.9 Å². The molecule has 0 aliphatic carbocycles. The molecule has 1 aromatic carbocycles. The number of rotatable bonds is 3. The van der Waals surface area contributed by atoms with E-state index in [-0.39, 0.29) is 24.1 Å². The Hall–Kier alpha value is -3.88. The van der Waals surface area contributed by atoms with Crippen LogP contribution in [0.5, 0.6) is 5.75 Å². The molecule has 2 atom stereocenters. The second kappa shape index (κ2) is 7.08. The fourth-order valence-electron chi connectivity index (χ4n) is 4.50. The highest BCUT2D eigenvalue weighted by atomic mass is 19.1. The standard InChI is InChI=1S/C23H21FN6O2/c1-22(8-14-3-5-16(24)6-4-14)12-23(20(31)30(2)21(25)29-23)17-7-18(28-11-19(17)32-22)15-9-26-13-27-10-15/h3-7,9-11,13H,8,12H2,1-2H3,(H2,25,29). The monoisotopic (exact) mass is 432 g/mol. The van der Waals surface area contributed by atoms with Gasteiger partial charge in [-0.05, 0) is 30.7 Å². The molecule has 9 heteroatoms. The molecule has 2 aromatic heterocycles. The molecule has 0 fully saturated rings. The molecule has 3 aromatic rings. The number of nitrogens with zero attached hydrogens (tertiary/aromatic N) is 5. The summed E-state index contributed by atoms with van der Waals surface area (Å²) in [5.41, 5.74) is 6.83. The SMILES string of the molecule is CN1C(=O)C2(CC(C)(Cc3ccc(F)cc3)Oc3cnc(-c4cncnc4)cc32)N=C1N. The molecule has 0 saturated heterocycles. The smallest absolute Gasteiger partial charge is 0.261 e. The van der Waals surface area contributed by atoms with Crippen molar-refractivity contribution in [3.63, 3.8) is 0 Å². The van der Waals surface area contributed by atoms with Crippen molar-refractivity contribution in [1.82, 2.24) is 19.9 Å². The second-order valence-electron chi connectivity index (χ2n) is 8.42. The minimum atomic E-state index is -1.24. The summed E-state index contributed by atoms with van der Waals surface area (Å²) in [4.78, 5) is 32.1. The van der Waals surface area contributed by atoms with Gasteiger partial charge in [0.2, 0.25) is 0 Å². The van der Waals surface area contributed by atoms with E-state index in [4.69, 9.17) is 10.5 Å². The third kappa shape index (κ3) is 3.17. The lowest BCUT2D eigenvalue weighted by Gasteiger charge is -2.43. The summed E-state index contributed by atoms with van der Waals surface area (Å²) >= 11 is 0. The lowest BCUT2D eigenvalue weighted by atomic mass is 9.75. The topological polar surface area (TPSA) is 107 Å². The number of nitrogens with two attached hydrogens (primary N) is 1. The van der Waals surface area contributed by atoms with E-state index in [1.165, 1.54) is 23.4 Å². The zero-order valence-electron chi connectivity index (χ0n) is 17.6. The molecule has 4 heterocycles. The van der Waals surface area contributed by atoms with Crippen LogP contribution in [0.25, 0.3) is 11.3 Å². The van der Waals surface area contributed by atoms with Crippen LogP contribution < -0.4 is 10.5 Å². The molecule has 0 bridgehead atoms. The molecule has 2 unspecified atom stereocenters. The Morgan fingerprint density at radius 1 is 1.19 bits per heavy atom. The van der Waals surface area contributed by atoms with E-state index in [1.54, 1.807) is 43.8 Å². The van der Waals surface area contributed by atoms with Crippen molar-refractivity contribution in [2.24, 2.45) is 10.7 Å². The number of fused-ring (bicyclic) bond motifs is 2. The van der Waals surface area contributed by atoms with Gasteiger partial charge in [-0.25, -0.2) is 19.4 Å². The molecule has 2 aliphatic rings. The molecule has 162 valence electrons. The third-order valence-corrected chi connectivity index (χ3v) is 5.95. The van der Waals surface area contributed by atoms with E-state index in [1.807, 2.05) is 6.92 Å². The Morgan fingerprint density at radius 2 is 1.91 bits per heavy atom. The summed E-state index contributed by atoms with van der Waals surface area (Å²) in [6.07, 6.45) is 7.05. The molecule has 8 nitrogen and oxygen atoms in total. The number of guanidine groups is 1. The van der Waals surface area contributed by atoms with Gasteiger partial charge in [0, 0.05) is 43.4 Å². The Morgan fingerprint density at radius 3 is 2.56 bits per heavy atom. The number of halogens is 1. The Kier molecular flexibility index (Phi) is 4.44. The van der Waals surface area contributed by atoms with E-state index in [2.05, 4.69) is 19.9 Å². The largest absolute Gasteiger partial charge is 0.485 e. The zero-order valence-corrected chi connectivity index (χ0v) is 17.6. The van der Waals surface area contributed by atoms with Crippen molar-refractivity contribution >= 4 is 11.9 Å². The van der Waals surface area contributed by atoms with Crippen LogP contribution in [0.3, 0.4) is 0 Å². The van der Waals surface area contributed by atoms with Crippen LogP contribution in [0, 0.1) is 5.82 Å². The Labute approximate surface area is 184 Å². The van der Waals surface area contributed by atoms with Crippen LogP contribution >= 0.6 is 0 Å².